The van der Waals surface area contributed by atoms with E-state index in [1.54, 1.807) is 11.3 Å². The average molecular weight is 303 g/mol. The number of hydrogen-bond acceptors (Lipinski definition) is 4. The monoisotopic (exact) mass is 303 g/mol. The van der Waals surface area contributed by atoms with Crippen molar-refractivity contribution in [3.05, 3.63) is 26.6 Å². The number of nitrogens with one attached hydrogen (secondary N) is 1. The topological polar surface area (TPSA) is 46.9 Å². The summed E-state index contributed by atoms with van der Waals surface area (Å²) in [6.07, 6.45) is 4.45. The van der Waals surface area contributed by atoms with Gasteiger partial charge in [0.15, 0.2) is 0 Å². The molecule has 0 bridgehead atoms. The number of rotatable bonds is 2. The summed E-state index contributed by atoms with van der Waals surface area (Å²) in [4.78, 5) is 20.2. The predicted molar refractivity (Wildman–Crippen MR) is 86.5 cm³/mol. The fourth-order valence-corrected chi connectivity index (χ4v) is 4.40. The predicted octanol–water partition coefficient (Wildman–Crippen LogP) is 2.88. The molecule has 4 rings (SSSR count). The second kappa shape index (κ2) is 4.92. The minimum absolute atomic E-state index is 0.204. The third-order valence-corrected chi connectivity index (χ3v) is 5.98. The Labute approximate surface area is 128 Å². The fraction of sp³-hybridized carbons (Fsp3) is 0.625. The Hall–Kier alpha value is -1.20. The first-order valence-electron chi connectivity index (χ1n) is 7.89. The van der Waals surface area contributed by atoms with Crippen molar-refractivity contribution in [1.82, 2.24) is 14.9 Å². The number of nitrogens with zero attached hydrogens (tertiary/aromatic N) is 2. The summed E-state index contributed by atoms with van der Waals surface area (Å²) in [5.41, 5.74) is 1.33. The fourth-order valence-electron chi connectivity index (χ4n) is 3.37. The van der Waals surface area contributed by atoms with Gasteiger partial charge in [-0.05, 0) is 58.2 Å². The second-order valence-electron chi connectivity index (χ2n) is 6.36. The molecule has 0 aromatic carbocycles. The normalized spacial score (nSPS) is 20.3. The zero-order chi connectivity index (χ0) is 14.6. The molecule has 2 fully saturated rings. The Bertz CT molecular complexity index is 751. The van der Waals surface area contributed by atoms with Gasteiger partial charge in [-0.1, -0.05) is 0 Å². The van der Waals surface area contributed by atoms with Crippen molar-refractivity contribution in [3.63, 3.8) is 0 Å². The number of aryl methyl sites for hydroxylation is 2. The third kappa shape index (κ3) is 2.14. The summed E-state index contributed by atoms with van der Waals surface area (Å²) in [5, 5.41) is 4.25. The van der Waals surface area contributed by atoms with Gasteiger partial charge in [0.25, 0.3) is 5.56 Å². The van der Waals surface area contributed by atoms with E-state index < -0.39 is 0 Å². The van der Waals surface area contributed by atoms with Crippen LogP contribution < -0.4 is 10.9 Å². The molecule has 4 nitrogen and oxygen atoms in total. The minimum atomic E-state index is 0.204. The van der Waals surface area contributed by atoms with Crippen molar-refractivity contribution in [3.8, 4) is 0 Å². The molecular formula is C16H21N3OS. The summed E-state index contributed by atoms with van der Waals surface area (Å²) in [7, 11) is 0. The summed E-state index contributed by atoms with van der Waals surface area (Å²) in [5.74, 6) is 1.57. The molecule has 21 heavy (non-hydrogen) atoms. The van der Waals surface area contributed by atoms with Crippen LogP contribution in [0.25, 0.3) is 10.2 Å². The lowest BCUT2D eigenvalue weighted by atomic mass is 10.1. The van der Waals surface area contributed by atoms with Crippen LogP contribution >= 0.6 is 11.3 Å². The van der Waals surface area contributed by atoms with Gasteiger partial charge >= 0.3 is 0 Å². The van der Waals surface area contributed by atoms with Crippen LogP contribution in [-0.2, 0) is 0 Å². The van der Waals surface area contributed by atoms with Crippen LogP contribution in [0.15, 0.2) is 4.79 Å². The molecule has 2 aromatic heterocycles. The van der Waals surface area contributed by atoms with Gasteiger partial charge in [-0.15, -0.1) is 11.3 Å². The number of fused-ring (bicyclic) bond motifs is 1. The van der Waals surface area contributed by atoms with E-state index in [1.807, 2.05) is 0 Å². The van der Waals surface area contributed by atoms with Crippen LogP contribution in [0.5, 0.6) is 0 Å². The lowest BCUT2D eigenvalue weighted by molar-refractivity contribution is 0.350. The van der Waals surface area contributed by atoms with Crippen LogP contribution in [0.2, 0.25) is 0 Å². The van der Waals surface area contributed by atoms with Crippen LogP contribution in [0.4, 0.5) is 0 Å². The molecule has 2 aliphatic rings. The Morgan fingerprint density at radius 1 is 1.19 bits per heavy atom. The van der Waals surface area contributed by atoms with Crippen molar-refractivity contribution < 1.29 is 0 Å². The van der Waals surface area contributed by atoms with Crippen molar-refractivity contribution in [2.24, 2.45) is 0 Å². The van der Waals surface area contributed by atoms with Gasteiger partial charge < -0.3 is 5.32 Å². The van der Waals surface area contributed by atoms with E-state index in [1.165, 1.54) is 17.7 Å². The first-order chi connectivity index (χ1) is 10.2. The molecule has 0 unspecified atom stereocenters. The largest absolute Gasteiger partial charge is 0.317 e. The Morgan fingerprint density at radius 3 is 2.57 bits per heavy atom. The van der Waals surface area contributed by atoms with Gasteiger partial charge in [0, 0.05) is 16.8 Å². The lowest BCUT2D eigenvalue weighted by Crippen LogP contribution is -2.36. The summed E-state index contributed by atoms with van der Waals surface area (Å²) in [6, 6.07) is 0.325. The molecule has 5 heteroatoms. The molecule has 0 radical (unpaired) electrons. The molecule has 0 atom stereocenters. The van der Waals surface area contributed by atoms with E-state index in [9.17, 15) is 4.79 Å². The summed E-state index contributed by atoms with van der Waals surface area (Å²) >= 11 is 1.67. The highest BCUT2D eigenvalue weighted by Gasteiger charge is 2.32. The quantitative estimate of drug-likeness (QED) is 0.928. The minimum Gasteiger partial charge on any atom is -0.317 e. The van der Waals surface area contributed by atoms with Crippen molar-refractivity contribution >= 4 is 21.6 Å². The summed E-state index contributed by atoms with van der Waals surface area (Å²) < 4.78 is 2.06. The van der Waals surface area contributed by atoms with Crippen LogP contribution in [0.3, 0.4) is 0 Å². The first-order valence-corrected chi connectivity index (χ1v) is 8.71. The van der Waals surface area contributed by atoms with Gasteiger partial charge in [0.2, 0.25) is 0 Å². The van der Waals surface area contributed by atoms with E-state index in [0.717, 1.165) is 47.5 Å². The molecule has 1 N–H and O–H groups in total. The average Bonchev–Trinajstić information content (AvgIpc) is 3.27. The van der Waals surface area contributed by atoms with Gasteiger partial charge in [-0.25, -0.2) is 4.98 Å². The maximum Gasteiger partial charge on any atom is 0.262 e. The van der Waals surface area contributed by atoms with Crippen LogP contribution in [-0.4, -0.2) is 22.6 Å². The molecule has 1 aliphatic heterocycles. The van der Waals surface area contributed by atoms with E-state index in [4.69, 9.17) is 4.98 Å². The number of hydrogen-bond donors (Lipinski definition) is 1. The summed E-state index contributed by atoms with van der Waals surface area (Å²) in [6.45, 7) is 6.15. The third-order valence-electron chi connectivity index (χ3n) is 4.88. The molecule has 3 heterocycles. The van der Waals surface area contributed by atoms with Gasteiger partial charge in [0.1, 0.15) is 10.7 Å². The SMILES string of the molecule is Cc1sc2nc(C3CC3)n(C3CCNCC3)c(=O)c2c1C. The molecule has 1 saturated carbocycles. The molecule has 0 amide bonds. The molecule has 112 valence electrons. The van der Waals surface area contributed by atoms with Crippen LogP contribution in [0, 0.1) is 13.8 Å². The Morgan fingerprint density at radius 2 is 1.90 bits per heavy atom. The molecule has 1 aliphatic carbocycles. The van der Waals surface area contributed by atoms with E-state index in [-0.39, 0.29) is 5.56 Å². The zero-order valence-electron chi connectivity index (χ0n) is 12.6. The van der Waals surface area contributed by atoms with E-state index in [2.05, 4.69) is 23.7 Å². The highest BCUT2D eigenvalue weighted by molar-refractivity contribution is 7.18. The number of thiophene rings is 1. The molecule has 2 aromatic rings. The maximum atomic E-state index is 13.1. The molecule has 1 saturated heterocycles. The van der Waals surface area contributed by atoms with Crippen molar-refractivity contribution in [1.29, 1.82) is 0 Å². The molecular weight excluding hydrogens is 282 g/mol. The highest BCUT2D eigenvalue weighted by Crippen LogP contribution is 2.41. The number of piperidine rings is 1. The second-order valence-corrected chi connectivity index (χ2v) is 7.57. The standard InChI is InChI=1S/C16H21N3OS/c1-9-10(2)21-15-13(9)16(20)19(12-5-7-17-8-6-12)14(18-15)11-3-4-11/h11-12,17H,3-8H2,1-2H3. The Kier molecular flexibility index (Phi) is 3.15. The zero-order valence-corrected chi connectivity index (χ0v) is 13.4. The van der Waals surface area contributed by atoms with E-state index >= 15 is 0 Å². The smallest absolute Gasteiger partial charge is 0.262 e. The van der Waals surface area contributed by atoms with Crippen LogP contribution in [0.1, 0.15) is 53.9 Å². The number of aromatic nitrogens is 2. The Balaban J connectivity index is 1.97. The van der Waals surface area contributed by atoms with Gasteiger partial charge in [0.05, 0.1) is 5.39 Å². The van der Waals surface area contributed by atoms with Crippen molar-refractivity contribution in [2.45, 2.75) is 51.5 Å². The first kappa shape index (κ1) is 13.5. The highest BCUT2D eigenvalue weighted by atomic mass is 32.1. The van der Waals surface area contributed by atoms with Crippen molar-refractivity contribution in [2.75, 3.05) is 13.1 Å². The maximum absolute atomic E-state index is 13.1. The van der Waals surface area contributed by atoms with Gasteiger partial charge in [-0.2, -0.15) is 0 Å². The lowest BCUT2D eigenvalue weighted by Gasteiger charge is -2.27. The van der Waals surface area contributed by atoms with Gasteiger partial charge in [-0.3, -0.25) is 9.36 Å². The molecule has 0 spiro atoms. The van der Waals surface area contributed by atoms with E-state index in [0.29, 0.717) is 12.0 Å².